The Bertz CT molecular complexity index is 793. The maximum absolute atomic E-state index is 11.8. The monoisotopic (exact) mass is 360 g/mol. The summed E-state index contributed by atoms with van der Waals surface area (Å²) in [5, 5.41) is 4.04. The van der Waals surface area contributed by atoms with Crippen molar-refractivity contribution in [1.82, 2.24) is 24.9 Å². The van der Waals surface area contributed by atoms with Gasteiger partial charge < -0.3 is 9.42 Å². The standard InChI is InChI=1S/C18H28N6O2/c1-12-16(13(2)26-21-12)11-24-7-6-15(10-24)23(5)9-14-8-17(25)20-18(19-14)22(3)4/h8,15H,6-7,9-11H2,1-5H3,(H,19,20,25). The molecule has 0 radical (unpaired) electrons. The number of nitrogens with zero attached hydrogens (tertiary/aromatic N) is 5. The number of aromatic nitrogens is 3. The first-order valence-electron chi connectivity index (χ1n) is 8.95. The SMILES string of the molecule is Cc1noc(C)c1CN1CCC(N(C)Cc2cc(=O)[nH]c(N(C)C)n2)C1. The fraction of sp³-hybridized carbons (Fsp3) is 0.611. The fourth-order valence-electron chi connectivity index (χ4n) is 3.44. The third kappa shape index (κ3) is 4.13. The lowest BCUT2D eigenvalue weighted by molar-refractivity contribution is 0.220. The molecule has 0 amide bonds. The first-order chi connectivity index (χ1) is 12.3. The van der Waals surface area contributed by atoms with Gasteiger partial charge in [-0.15, -0.1) is 0 Å². The molecule has 0 aliphatic carbocycles. The van der Waals surface area contributed by atoms with Gasteiger partial charge in [0, 0.05) is 57.9 Å². The van der Waals surface area contributed by atoms with Crippen LogP contribution in [0.5, 0.6) is 0 Å². The van der Waals surface area contributed by atoms with E-state index in [1.165, 1.54) is 5.56 Å². The normalized spacial score (nSPS) is 18.0. The first-order valence-corrected chi connectivity index (χ1v) is 8.95. The Morgan fingerprint density at radius 1 is 1.35 bits per heavy atom. The van der Waals surface area contributed by atoms with E-state index in [1.54, 1.807) is 6.07 Å². The van der Waals surface area contributed by atoms with Crippen LogP contribution < -0.4 is 10.5 Å². The zero-order chi connectivity index (χ0) is 18.8. The van der Waals surface area contributed by atoms with Crippen molar-refractivity contribution < 1.29 is 4.52 Å². The lowest BCUT2D eigenvalue weighted by atomic mass is 10.2. The topological polar surface area (TPSA) is 81.5 Å². The minimum absolute atomic E-state index is 0.112. The van der Waals surface area contributed by atoms with Crippen molar-refractivity contribution in [2.75, 3.05) is 39.1 Å². The van der Waals surface area contributed by atoms with Gasteiger partial charge in [-0.05, 0) is 27.3 Å². The van der Waals surface area contributed by atoms with Gasteiger partial charge in [0.15, 0.2) is 0 Å². The largest absolute Gasteiger partial charge is 0.361 e. The van der Waals surface area contributed by atoms with E-state index in [9.17, 15) is 4.79 Å². The average Bonchev–Trinajstić information content (AvgIpc) is 3.16. The average molecular weight is 360 g/mol. The Balaban J connectivity index is 1.61. The molecule has 3 heterocycles. The van der Waals surface area contributed by atoms with Crippen molar-refractivity contribution in [3.05, 3.63) is 39.1 Å². The summed E-state index contributed by atoms with van der Waals surface area (Å²) in [5.74, 6) is 1.50. The summed E-state index contributed by atoms with van der Waals surface area (Å²) in [6.45, 7) is 7.53. The number of nitrogens with one attached hydrogen (secondary N) is 1. The van der Waals surface area contributed by atoms with Crippen LogP contribution in [0.2, 0.25) is 0 Å². The van der Waals surface area contributed by atoms with Crippen molar-refractivity contribution in [2.24, 2.45) is 0 Å². The molecule has 0 spiro atoms. The maximum atomic E-state index is 11.8. The van der Waals surface area contributed by atoms with Gasteiger partial charge in [-0.3, -0.25) is 19.6 Å². The van der Waals surface area contributed by atoms with Gasteiger partial charge in [0.1, 0.15) is 5.76 Å². The van der Waals surface area contributed by atoms with Gasteiger partial charge in [0.2, 0.25) is 5.95 Å². The highest BCUT2D eigenvalue weighted by Gasteiger charge is 2.27. The second kappa shape index (κ2) is 7.59. The van der Waals surface area contributed by atoms with Crippen LogP contribution in [-0.4, -0.2) is 65.2 Å². The molecule has 1 atom stereocenters. The smallest absolute Gasteiger partial charge is 0.252 e. The summed E-state index contributed by atoms with van der Waals surface area (Å²) in [4.78, 5) is 25.7. The number of hydrogen-bond acceptors (Lipinski definition) is 7. The van der Waals surface area contributed by atoms with E-state index in [0.717, 1.165) is 43.2 Å². The number of likely N-dealkylation sites (tertiary alicyclic amines) is 1. The highest BCUT2D eigenvalue weighted by Crippen LogP contribution is 2.21. The van der Waals surface area contributed by atoms with E-state index in [-0.39, 0.29) is 5.56 Å². The lowest BCUT2D eigenvalue weighted by Gasteiger charge is -2.24. The molecular weight excluding hydrogens is 332 g/mol. The predicted octanol–water partition coefficient (Wildman–Crippen LogP) is 1.15. The van der Waals surface area contributed by atoms with Crippen molar-refractivity contribution >= 4 is 5.95 Å². The van der Waals surface area contributed by atoms with E-state index in [2.05, 4.69) is 32.0 Å². The van der Waals surface area contributed by atoms with Gasteiger partial charge in [-0.25, -0.2) is 4.98 Å². The van der Waals surface area contributed by atoms with E-state index in [4.69, 9.17) is 4.52 Å². The zero-order valence-electron chi connectivity index (χ0n) is 16.2. The molecule has 3 rings (SSSR count). The molecule has 2 aromatic rings. The number of aryl methyl sites for hydroxylation is 2. The molecule has 1 aliphatic heterocycles. The van der Waals surface area contributed by atoms with Crippen LogP contribution >= 0.6 is 0 Å². The molecule has 26 heavy (non-hydrogen) atoms. The Kier molecular flexibility index (Phi) is 5.43. The van der Waals surface area contributed by atoms with Crippen LogP contribution in [0.25, 0.3) is 0 Å². The van der Waals surface area contributed by atoms with Gasteiger partial charge in [0.25, 0.3) is 5.56 Å². The summed E-state index contributed by atoms with van der Waals surface area (Å²) < 4.78 is 5.27. The molecule has 1 saturated heterocycles. The van der Waals surface area contributed by atoms with Crippen molar-refractivity contribution in [2.45, 2.75) is 39.4 Å². The Labute approximate surface area is 153 Å². The van der Waals surface area contributed by atoms with Crippen molar-refractivity contribution in [3.63, 3.8) is 0 Å². The molecule has 0 bridgehead atoms. The highest BCUT2D eigenvalue weighted by molar-refractivity contribution is 5.27. The van der Waals surface area contributed by atoms with Crippen LogP contribution in [-0.2, 0) is 13.1 Å². The number of rotatable bonds is 6. The van der Waals surface area contributed by atoms with Crippen LogP contribution in [0.1, 0.15) is 29.1 Å². The number of likely N-dealkylation sites (N-methyl/N-ethyl adjacent to an activating group) is 1. The van der Waals surface area contributed by atoms with Gasteiger partial charge in [-0.2, -0.15) is 0 Å². The van der Waals surface area contributed by atoms with E-state index in [1.807, 2.05) is 32.8 Å². The Morgan fingerprint density at radius 2 is 2.12 bits per heavy atom. The molecule has 1 aliphatic rings. The van der Waals surface area contributed by atoms with Crippen LogP contribution in [0.3, 0.4) is 0 Å². The molecule has 1 N–H and O–H groups in total. The number of hydrogen-bond donors (Lipinski definition) is 1. The quantitative estimate of drug-likeness (QED) is 0.827. The lowest BCUT2D eigenvalue weighted by Crippen LogP contribution is -2.34. The minimum Gasteiger partial charge on any atom is -0.361 e. The zero-order valence-corrected chi connectivity index (χ0v) is 16.2. The Morgan fingerprint density at radius 3 is 2.77 bits per heavy atom. The van der Waals surface area contributed by atoms with Crippen molar-refractivity contribution in [1.29, 1.82) is 0 Å². The van der Waals surface area contributed by atoms with E-state index < -0.39 is 0 Å². The summed E-state index contributed by atoms with van der Waals surface area (Å²) in [5.41, 5.74) is 2.85. The molecule has 0 saturated carbocycles. The number of aromatic amines is 1. The summed E-state index contributed by atoms with van der Waals surface area (Å²) in [6.07, 6.45) is 1.10. The minimum atomic E-state index is -0.112. The van der Waals surface area contributed by atoms with Gasteiger partial charge in [-0.1, -0.05) is 5.16 Å². The second-order valence-electron chi connectivity index (χ2n) is 7.35. The van der Waals surface area contributed by atoms with Gasteiger partial charge in [0.05, 0.1) is 11.4 Å². The summed E-state index contributed by atoms with van der Waals surface area (Å²) >= 11 is 0. The molecule has 1 unspecified atom stereocenters. The molecular formula is C18H28N6O2. The predicted molar refractivity (Wildman–Crippen MR) is 100 cm³/mol. The summed E-state index contributed by atoms with van der Waals surface area (Å²) in [7, 11) is 5.84. The van der Waals surface area contributed by atoms with E-state index >= 15 is 0 Å². The molecule has 8 heteroatoms. The third-order valence-electron chi connectivity index (χ3n) is 5.05. The molecule has 0 aromatic carbocycles. The third-order valence-corrected chi connectivity index (χ3v) is 5.05. The van der Waals surface area contributed by atoms with Crippen LogP contribution in [0, 0.1) is 13.8 Å². The number of H-pyrrole nitrogens is 1. The molecule has 1 fully saturated rings. The van der Waals surface area contributed by atoms with Crippen molar-refractivity contribution in [3.8, 4) is 0 Å². The van der Waals surface area contributed by atoms with Gasteiger partial charge >= 0.3 is 0 Å². The summed E-state index contributed by atoms with van der Waals surface area (Å²) in [6, 6.07) is 2.03. The highest BCUT2D eigenvalue weighted by atomic mass is 16.5. The Hall–Kier alpha value is -2.19. The van der Waals surface area contributed by atoms with E-state index in [0.29, 0.717) is 18.5 Å². The number of anilines is 1. The van der Waals surface area contributed by atoms with Crippen LogP contribution in [0.15, 0.2) is 15.4 Å². The first kappa shape index (κ1) is 18.6. The fourth-order valence-corrected chi connectivity index (χ4v) is 3.44. The second-order valence-corrected chi connectivity index (χ2v) is 7.35. The van der Waals surface area contributed by atoms with Crippen LogP contribution in [0.4, 0.5) is 5.95 Å². The molecule has 2 aromatic heterocycles. The maximum Gasteiger partial charge on any atom is 0.252 e. The molecule has 142 valence electrons. The molecule has 8 nitrogen and oxygen atoms in total.